The van der Waals surface area contributed by atoms with Gasteiger partial charge in [-0.1, -0.05) is 44.2 Å². The van der Waals surface area contributed by atoms with Gasteiger partial charge in [-0.2, -0.15) is 0 Å². The molecule has 0 spiro atoms. The molecule has 2 aromatic carbocycles. The Morgan fingerprint density at radius 1 is 1.02 bits per heavy atom. The zero-order valence-electron chi connectivity index (χ0n) is 34.5. The van der Waals surface area contributed by atoms with Crippen molar-refractivity contribution in [2.45, 2.75) is 99.0 Å². The minimum absolute atomic E-state index is 0.0801. The third-order valence-electron chi connectivity index (χ3n) is 11.5. The molecule has 9 nitrogen and oxygen atoms in total. The number of fused-ring (bicyclic) bond motifs is 1. The number of carbonyl (C=O) groups is 2. The van der Waals surface area contributed by atoms with E-state index in [1.807, 2.05) is 54.4 Å². The highest BCUT2D eigenvalue weighted by atomic mass is 16.5. The van der Waals surface area contributed by atoms with E-state index in [4.69, 9.17) is 9.73 Å². The van der Waals surface area contributed by atoms with E-state index in [0.717, 1.165) is 105 Å². The SMILES string of the molecule is CC/C=C/C(=C(/C)C1=C(C)OCCN1)N1CCC(/C=N\C(=C\CC)Nc2ccc(CC(=O)N3CCN(c4cccc5c4CCCCC5=O)C[C@H]3C)cc2)=C(C)C1. The number of ether oxygens (including phenoxy) is 1. The van der Waals surface area contributed by atoms with E-state index in [0.29, 0.717) is 26.0 Å². The van der Waals surface area contributed by atoms with Crippen molar-refractivity contribution in [1.82, 2.24) is 15.1 Å². The standard InChI is InChI=1S/C47H62N6O3/c1-7-9-16-42(35(5)47-36(6)56-28-24-48-47)51-25-23-38(33(3)31-51)30-49-45(13-8-2)50-39-21-19-37(20-22-39)29-46(55)53-27-26-52(32-34(53)4)43-17-12-15-41-40(43)14-10-11-18-44(41)54/h9,12-13,15-17,19-22,30,34,48,50H,7-8,10-11,14,18,23-29,31-32H2,1-6H3/b16-9+,42-35+,45-13-,49-30-/t34-/m1/s1. The van der Waals surface area contributed by atoms with Crippen molar-refractivity contribution in [3.8, 4) is 0 Å². The number of hydrogen-bond acceptors (Lipinski definition) is 8. The smallest absolute Gasteiger partial charge is 0.227 e. The van der Waals surface area contributed by atoms with Gasteiger partial charge in [-0.25, -0.2) is 4.99 Å². The van der Waals surface area contributed by atoms with E-state index in [9.17, 15) is 9.59 Å². The zero-order valence-corrected chi connectivity index (χ0v) is 34.5. The first-order chi connectivity index (χ1) is 27.2. The van der Waals surface area contributed by atoms with Crippen LogP contribution in [0.1, 0.15) is 102 Å². The van der Waals surface area contributed by atoms with Crippen molar-refractivity contribution in [2.24, 2.45) is 4.99 Å². The van der Waals surface area contributed by atoms with Crippen LogP contribution in [0, 0.1) is 0 Å². The van der Waals surface area contributed by atoms with Gasteiger partial charge in [0.25, 0.3) is 0 Å². The summed E-state index contributed by atoms with van der Waals surface area (Å²) in [6.07, 6.45) is 15.3. The van der Waals surface area contributed by atoms with Crippen LogP contribution in [0.3, 0.4) is 0 Å². The number of allylic oxidation sites excluding steroid dienone is 5. The normalized spacial score (nSPS) is 20.2. The first kappa shape index (κ1) is 40.6. The van der Waals surface area contributed by atoms with Crippen LogP contribution in [0.5, 0.6) is 0 Å². The number of benzene rings is 2. The molecule has 0 bridgehead atoms. The fraction of sp³-hybridized carbons (Fsp3) is 0.468. The van der Waals surface area contributed by atoms with Gasteiger partial charge in [-0.15, -0.1) is 0 Å². The maximum atomic E-state index is 13.6. The molecule has 1 fully saturated rings. The molecule has 6 rings (SSSR count). The van der Waals surface area contributed by atoms with E-state index in [2.05, 4.69) is 79.3 Å². The fourth-order valence-electron chi connectivity index (χ4n) is 8.39. The van der Waals surface area contributed by atoms with Crippen molar-refractivity contribution >= 4 is 29.3 Å². The number of carbonyl (C=O) groups excluding carboxylic acids is 2. The first-order valence-electron chi connectivity index (χ1n) is 20.8. The predicted octanol–water partition coefficient (Wildman–Crippen LogP) is 8.72. The average molecular weight is 759 g/mol. The summed E-state index contributed by atoms with van der Waals surface area (Å²) in [7, 11) is 0. The maximum Gasteiger partial charge on any atom is 0.227 e. The van der Waals surface area contributed by atoms with Gasteiger partial charge >= 0.3 is 0 Å². The summed E-state index contributed by atoms with van der Waals surface area (Å²) >= 11 is 0. The van der Waals surface area contributed by atoms with Crippen molar-refractivity contribution in [3.63, 3.8) is 0 Å². The third-order valence-corrected chi connectivity index (χ3v) is 11.5. The van der Waals surface area contributed by atoms with Gasteiger partial charge < -0.3 is 30.1 Å². The third kappa shape index (κ3) is 9.84. The fourth-order valence-corrected chi connectivity index (χ4v) is 8.39. The van der Waals surface area contributed by atoms with E-state index < -0.39 is 0 Å². The molecule has 0 aromatic heterocycles. The van der Waals surface area contributed by atoms with E-state index in [1.165, 1.54) is 33.7 Å². The quantitative estimate of drug-likeness (QED) is 0.127. The van der Waals surface area contributed by atoms with Gasteiger partial charge in [0.1, 0.15) is 18.2 Å². The molecule has 3 heterocycles. The number of Topliss-reactive ketones (excluding diaryl/α,β-unsaturated/α-hetero) is 1. The number of ketones is 1. The van der Waals surface area contributed by atoms with Crippen molar-refractivity contribution in [2.75, 3.05) is 56.1 Å². The molecule has 9 heteroatoms. The number of nitrogens with one attached hydrogen (secondary N) is 2. The molecular weight excluding hydrogens is 697 g/mol. The van der Waals surface area contributed by atoms with Crippen LogP contribution in [-0.4, -0.2) is 79.6 Å². The molecule has 3 aliphatic heterocycles. The lowest BCUT2D eigenvalue weighted by molar-refractivity contribution is -0.132. The Balaban J connectivity index is 1.05. The van der Waals surface area contributed by atoms with Gasteiger partial charge in [0.15, 0.2) is 5.78 Å². The number of amides is 1. The van der Waals surface area contributed by atoms with Gasteiger partial charge in [0.05, 0.1) is 12.1 Å². The van der Waals surface area contributed by atoms with E-state index in [-0.39, 0.29) is 17.7 Å². The summed E-state index contributed by atoms with van der Waals surface area (Å²) in [5, 5.41) is 7.06. The summed E-state index contributed by atoms with van der Waals surface area (Å²) in [4.78, 5) is 38.1. The van der Waals surface area contributed by atoms with E-state index >= 15 is 0 Å². The molecule has 2 N–H and O–H groups in total. The van der Waals surface area contributed by atoms with Crippen LogP contribution in [0.2, 0.25) is 0 Å². The van der Waals surface area contributed by atoms with Crippen LogP contribution in [0.15, 0.2) is 105 Å². The second-order valence-electron chi connectivity index (χ2n) is 15.6. The minimum atomic E-state index is 0.0801. The van der Waals surface area contributed by atoms with Gasteiger partial charge in [-0.05, 0) is 124 Å². The average Bonchev–Trinajstić information content (AvgIpc) is 3.39. The number of nitrogens with zero attached hydrogens (tertiary/aromatic N) is 4. The first-order valence-corrected chi connectivity index (χ1v) is 20.8. The summed E-state index contributed by atoms with van der Waals surface area (Å²) < 4.78 is 5.87. The predicted molar refractivity (Wildman–Crippen MR) is 230 cm³/mol. The maximum absolute atomic E-state index is 13.6. The summed E-state index contributed by atoms with van der Waals surface area (Å²) in [5.41, 5.74) is 11.3. The Kier molecular flexibility index (Phi) is 13.9. The molecule has 0 saturated carbocycles. The highest BCUT2D eigenvalue weighted by Crippen LogP contribution is 2.32. The molecule has 0 radical (unpaired) electrons. The van der Waals surface area contributed by atoms with Crippen LogP contribution >= 0.6 is 0 Å². The lowest BCUT2D eigenvalue weighted by Crippen LogP contribution is -2.54. The minimum Gasteiger partial charge on any atom is -0.494 e. The monoisotopic (exact) mass is 758 g/mol. The van der Waals surface area contributed by atoms with Crippen LogP contribution in [0.4, 0.5) is 11.4 Å². The Morgan fingerprint density at radius 3 is 2.55 bits per heavy atom. The van der Waals surface area contributed by atoms with Crippen LogP contribution in [0.25, 0.3) is 0 Å². The van der Waals surface area contributed by atoms with Crippen molar-refractivity contribution in [1.29, 1.82) is 0 Å². The summed E-state index contributed by atoms with van der Waals surface area (Å²) in [6, 6.07) is 14.4. The molecule has 0 unspecified atom stereocenters. The molecule has 1 saturated heterocycles. The zero-order chi connectivity index (χ0) is 39.6. The Labute approximate surface area is 335 Å². The Bertz CT molecular complexity index is 1930. The highest BCUT2D eigenvalue weighted by molar-refractivity contribution is 5.99. The topological polar surface area (TPSA) is 89.5 Å². The number of hydrogen-bond donors (Lipinski definition) is 2. The number of anilines is 2. The molecule has 1 amide bonds. The molecule has 1 atom stereocenters. The Hall–Kier alpha value is -5.05. The molecule has 298 valence electrons. The summed E-state index contributed by atoms with van der Waals surface area (Å²) in [5.74, 6) is 2.18. The van der Waals surface area contributed by atoms with Crippen molar-refractivity contribution < 1.29 is 14.3 Å². The Morgan fingerprint density at radius 2 is 1.82 bits per heavy atom. The number of piperazine rings is 1. The van der Waals surface area contributed by atoms with E-state index in [1.54, 1.807) is 0 Å². The largest absolute Gasteiger partial charge is 0.494 e. The molecule has 4 aliphatic rings. The van der Waals surface area contributed by atoms with Crippen molar-refractivity contribution in [3.05, 3.63) is 117 Å². The molecule has 1 aliphatic carbocycles. The molecule has 56 heavy (non-hydrogen) atoms. The van der Waals surface area contributed by atoms with Crippen LogP contribution < -0.4 is 15.5 Å². The van der Waals surface area contributed by atoms with Gasteiger partial charge in [0, 0.05) is 80.6 Å². The second-order valence-corrected chi connectivity index (χ2v) is 15.6. The molecular formula is C47H62N6O3. The summed E-state index contributed by atoms with van der Waals surface area (Å²) in [6.45, 7) is 18.4. The van der Waals surface area contributed by atoms with Gasteiger partial charge in [0.2, 0.25) is 5.91 Å². The highest BCUT2D eigenvalue weighted by Gasteiger charge is 2.30. The van der Waals surface area contributed by atoms with Gasteiger partial charge in [-0.3, -0.25) is 9.59 Å². The lowest BCUT2D eigenvalue weighted by atomic mass is 9.98. The molecule has 2 aromatic rings. The number of aliphatic imine (C=N–C) groups is 1. The second kappa shape index (κ2) is 19.2. The van der Waals surface area contributed by atoms with Crippen LogP contribution in [-0.2, 0) is 22.4 Å². The lowest BCUT2D eigenvalue weighted by Gasteiger charge is -2.42. The number of rotatable bonds is 12.